The van der Waals surface area contributed by atoms with Crippen molar-refractivity contribution in [1.82, 2.24) is 30.0 Å². The summed E-state index contributed by atoms with van der Waals surface area (Å²) in [6.45, 7) is 0.297. The van der Waals surface area contributed by atoms with E-state index in [2.05, 4.69) is 25.1 Å². The van der Waals surface area contributed by atoms with Crippen LogP contribution in [0, 0.1) is 0 Å². The molecule has 1 aromatic carbocycles. The number of hydrogen-bond donors (Lipinski definition) is 2. The van der Waals surface area contributed by atoms with Gasteiger partial charge in [0.25, 0.3) is 5.91 Å². The van der Waals surface area contributed by atoms with Gasteiger partial charge in [0.05, 0.1) is 12.1 Å². The van der Waals surface area contributed by atoms with Crippen molar-refractivity contribution in [1.29, 1.82) is 0 Å². The molecule has 1 amide bonds. The van der Waals surface area contributed by atoms with Gasteiger partial charge in [-0.05, 0) is 18.9 Å². The molecule has 0 aliphatic heterocycles. The van der Waals surface area contributed by atoms with Crippen molar-refractivity contribution in [3.63, 3.8) is 0 Å². The first kappa shape index (κ1) is 16.3. The molecule has 3 N–H and O–H groups in total. The summed E-state index contributed by atoms with van der Waals surface area (Å²) in [4.78, 5) is 27.2. The zero-order valence-electron chi connectivity index (χ0n) is 14.4. The van der Waals surface area contributed by atoms with Crippen molar-refractivity contribution in [2.45, 2.75) is 24.9 Å². The van der Waals surface area contributed by atoms with E-state index < -0.39 is 5.54 Å². The van der Waals surface area contributed by atoms with Crippen molar-refractivity contribution >= 4 is 5.91 Å². The molecule has 0 radical (unpaired) electrons. The number of amides is 1. The molecular weight excluding hydrogens is 330 g/mol. The second-order valence-corrected chi connectivity index (χ2v) is 6.55. The summed E-state index contributed by atoms with van der Waals surface area (Å²) < 4.78 is 0. The topological polar surface area (TPSA) is 114 Å². The molecule has 2 aromatic heterocycles. The van der Waals surface area contributed by atoms with Gasteiger partial charge in [-0.1, -0.05) is 30.3 Å². The van der Waals surface area contributed by atoms with Crippen molar-refractivity contribution in [3.05, 3.63) is 59.9 Å². The van der Waals surface area contributed by atoms with Gasteiger partial charge in [-0.2, -0.15) is 5.10 Å². The van der Waals surface area contributed by atoms with E-state index >= 15 is 0 Å². The van der Waals surface area contributed by atoms with Crippen LogP contribution < -0.4 is 5.73 Å². The minimum atomic E-state index is -0.468. The second kappa shape index (κ2) is 6.30. The van der Waals surface area contributed by atoms with Gasteiger partial charge in [-0.3, -0.25) is 9.89 Å². The van der Waals surface area contributed by atoms with Gasteiger partial charge in [0.15, 0.2) is 5.82 Å². The third kappa shape index (κ3) is 3.18. The number of hydrogen-bond acceptors (Lipinski definition) is 6. The summed E-state index contributed by atoms with van der Waals surface area (Å²) >= 11 is 0. The molecule has 8 heteroatoms. The molecule has 1 aliphatic carbocycles. The van der Waals surface area contributed by atoms with E-state index in [0.717, 1.165) is 18.4 Å². The van der Waals surface area contributed by atoms with Crippen LogP contribution in [0.25, 0.3) is 11.4 Å². The number of aromatic amines is 1. The second-order valence-electron chi connectivity index (χ2n) is 6.55. The number of nitrogens with zero attached hydrogens (tertiary/aromatic N) is 5. The van der Waals surface area contributed by atoms with E-state index in [-0.39, 0.29) is 5.91 Å². The predicted molar refractivity (Wildman–Crippen MR) is 94.7 cm³/mol. The molecule has 0 unspecified atom stereocenters. The molecule has 0 spiro atoms. The normalized spacial score (nSPS) is 14.8. The minimum Gasteiger partial charge on any atom is -0.333 e. The Kier molecular flexibility index (Phi) is 3.96. The third-order valence-electron chi connectivity index (χ3n) is 4.41. The maximum absolute atomic E-state index is 12.7. The van der Waals surface area contributed by atoms with Gasteiger partial charge in [-0.15, -0.1) is 0 Å². The Hall–Kier alpha value is -3.13. The number of carbonyl (C=O) groups is 1. The largest absolute Gasteiger partial charge is 0.333 e. The Morgan fingerprint density at radius 2 is 2.00 bits per heavy atom. The van der Waals surface area contributed by atoms with Crippen LogP contribution in [0.1, 0.15) is 35.0 Å². The van der Waals surface area contributed by atoms with Gasteiger partial charge in [-0.25, -0.2) is 15.0 Å². The molecule has 0 atom stereocenters. The van der Waals surface area contributed by atoms with Crippen LogP contribution in [0.4, 0.5) is 0 Å². The molecule has 4 rings (SSSR count). The lowest BCUT2D eigenvalue weighted by Gasteiger charge is -2.16. The molecule has 1 fully saturated rings. The van der Waals surface area contributed by atoms with Gasteiger partial charge in [0, 0.05) is 18.8 Å². The number of carbonyl (C=O) groups excluding carboxylic acids is 1. The fourth-order valence-electron chi connectivity index (χ4n) is 2.65. The highest BCUT2D eigenvalue weighted by Crippen LogP contribution is 2.40. The highest BCUT2D eigenvalue weighted by molar-refractivity contribution is 5.92. The van der Waals surface area contributed by atoms with Crippen molar-refractivity contribution in [2.24, 2.45) is 5.73 Å². The van der Waals surface area contributed by atoms with Crippen LogP contribution in [0.5, 0.6) is 0 Å². The summed E-state index contributed by atoms with van der Waals surface area (Å²) in [5.41, 5.74) is 6.90. The lowest BCUT2D eigenvalue weighted by Crippen LogP contribution is -2.29. The Balaban J connectivity index is 1.47. The number of rotatable bonds is 5. The van der Waals surface area contributed by atoms with Crippen LogP contribution in [0.15, 0.2) is 42.6 Å². The zero-order chi connectivity index (χ0) is 18.1. The predicted octanol–water partition coefficient (Wildman–Crippen LogP) is 1.48. The van der Waals surface area contributed by atoms with Crippen molar-refractivity contribution in [2.75, 3.05) is 7.05 Å². The standard InChI is InChI=1S/C18H19N7O/c1-25(11-14-22-15(24-23-14)12-5-3-2-4-6-12)16(26)13-7-10-20-17(21-13)18(19)8-9-18/h2-7,10H,8-9,11,19H2,1H3,(H,22,23,24). The summed E-state index contributed by atoms with van der Waals surface area (Å²) in [6, 6.07) is 11.3. The molecule has 3 aromatic rings. The molecule has 0 bridgehead atoms. The average Bonchev–Trinajstić information content (AvgIpc) is 3.26. The first-order valence-electron chi connectivity index (χ1n) is 8.40. The van der Waals surface area contributed by atoms with E-state index in [4.69, 9.17) is 5.73 Å². The average molecular weight is 349 g/mol. The molecule has 2 heterocycles. The smallest absolute Gasteiger partial charge is 0.272 e. The number of benzene rings is 1. The Morgan fingerprint density at radius 3 is 2.73 bits per heavy atom. The maximum atomic E-state index is 12.7. The lowest BCUT2D eigenvalue weighted by atomic mass is 10.2. The zero-order valence-corrected chi connectivity index (χ0v) is 14.4. The molecule has 1 aliphatic rings. The third-order valence-corrected chi connectivity index (χ3v) is 4.41. The molecular formula is C18H19N7O. The molecule has 1 saturated carbocycles. The van der Waals surface area contributed by atoms with Crippen LogP contribution >= 0.6 is 0 Å². The summed E-state index contributed by atoms with van der Waals surface area (Å²) in [5, 5.41) is 7.09. The quantitative estimate of drug-likeness (QED) is 0.721. The first-order valence-corrected chi connectivity index (χ1v) is 8.40. The van der Waals surface area contributed by atoms with Gasteiger partial charge in [0.2, 0.25) is 0 Å². The fourth-order valence-corrected chi connectivity index (χ4v) is 2.65. The SMILES string of the molecule is CN(Cc1nc(-c2ccccc2)n[nH]1)C(=O)c1ccnc(C2(N)CC2)n1. The monoisotopic (exact) mass is 349 g/mol. The molecule has 132 valence electrons. The van der Waals surface area contributed by atoms with Crippen molar-refractivity contribution < 1.29 is 4.79 Å². The van der Waals surface area contributed by atoms with Crippen LogP contribution in [0.2, 0.25) is 0 Å². The summed E-state index contributed by atoms with van der Waals surface area (Å²) in [7, 11) is 1.70. The van der Waals surface area contributed by atoms with E-state index in [1.54, 1.807) is 19.3 Å². The van der Waals surface area contributed by atoms with Crippen LogP contribution in [0.3, 0.4) is 0 Å². The van der Waals surface area contributed by atoms with E-state index in [0.29, 0.717) is 29.7 Å². The van der Waals surface area contributed by atoms with Gasteiger partial charge < -0.3 is 10.6 Å². The Morgan fingerprint density at radius 1 is 1.23 bits per heavy atom. The van der Waals surface area contributed by atoms with Gasteiger partial charge in [0.1, 0.15) is 17.3 Å². The van der Waals surface area contributed by atoms with Crippen LogP contribution in [-0.2, 0) is 12.1 Å². The summed E-state index contributed by atoms with van der Waals surface area (Å²) in [6.07, 6.45) is 3.28. The number of H-pyrrole nitrogens is 1. The van der Waals surface area contributed by atoms with E-state index in [1.807, 2.05) is 30.3 Å². The lowest BCUT2D eigenvalue weighted by molar-refractivity contribution is 0.0775. The summed E-state index contributed by atoms with van der Waals surface area (Å²) in [5.74, 6) is 1.52. The van der Waals surface area contributed by atoms with E-state index in [9.17, 15) is 4.79 Å². The van der Waals surface area contributed by atoms with Gasteiger partial charge >= 0.3 is 0 Å². The number of nitrogens with two attached hydrogens (primary N) is 1. The molecule has 8 nitrogen and oxygen atoms in total. The Bertz CT molecular complexity index is 933. The van der Waals surface area contributed by atoms with Crippen LogP contribution in [-0.4, -0.2) is 43.0 Å². The number of nitrogens with one attached hydrogen (secondary N) is 1. The minimum absolute atomic E-state index is 0.212. The number of aromatic nitrogens is 5. The van der Waals surface area contributed by atoms with Crippen molar-refractivity contribution in [3.8, 4) is 11.4 Å². The fraction of sp³-hybridized carbons (Fsp3) is 0.278. The first-order chi connectivity index (χ1) is 12.5. The Labute approximate surface area is 150 Å². The molecule has 26 heavy (non-hydrogen) atoms. The molecule has 0 saturated heterocycles. The highest BCUT2D eigenvalue weighted by Gasteiger charge is 2.43. The maximum Gasteiger partial charge on any atom is 0.272 e. The van der Waals surface area contributed by atoms with E-state index in [1.165, 1.54) is 4.90 Å². The highest BCUT2D eigenvalue weighted by atomic mass is 16.2.